The van der Waals surface area contributed by atoms with Gasteiger partial charge in [-0.25, -0.2) is 0 Å². The van der Waals surface area contributed by atoms with Gasteiger partial charge in [0, 0.05) is 16.6 Å². The lowest BCUT2D eigenvalue weighted by molar-refractivity contribution is 0.598. The third kappa shape index (κ3) is 2.31. The number of hydrogen-bond donors (Lipinski definition) is 1. The first-order valence-electron chi connectivity index (χ1n) is 5.07. The fourth-order valence-corrected chi connectivity index (χ4v) is 1.80. The van der Waals surface area contributed by atoms with E-state index in [2.05, 4.69) is 39.2 Å². The second-order valence-corrected chi connectivity index (χ2v) is 4.47. The maximum atomic E-state index is 5.46. The third-order valence-corrected chi connectivity index (χ3v) is 3.22. The van der Waals surface area contributed by atoms with Crippen molar-refractivity contribution in [3.05, 3.63) is 34.4 Å². The second kappa shape index (κ2) is 4.76. The molecule has 4 nitrogen and oxygen atoms in total. The van der Waals surface area contributed by atoms with Crippen LogP contribution in [0.2, 0.25) is 0 Å². The summed E-state index contributed by atoms with van der Waals surface area (Å²) in [4.78, 5) is 0. The molecule has 0 saturated heterocycles. The largest absolute Gasteiger partial charge is 0.329 e. The quantitative estimate of drug-likeness (QED) is 0.935. The predicted molar refractivity (Wildman–Crippen MR) is 66.9 cm³/mol. The molecule has 0 amide bonds. The molecule has 0 aliphatic carbocycles. The van der Waals surface area contributed by atoms with Gasteiger partial charge in [-0.05, 0) is 18.6 Å². The second-order valence-electron chi connectivity index (χ2n) is 3.62. The van der Waals surface area contributed by atoms with Gasteiger partial charge in [-0.2, -0.15) is 0 Å². The minimum absolute atomic E-state index is 0.570. The summed E-state index contributed by atoms with van der Waals surface area (Å²) in [5.74, 6) is 0. The van der Waals surface area contributed by atoms with Crippen molar-refractivity contribution in [3.63, 3.8) is 0 Å². The summed E-state index contributed by atoms with van der Waals surface area (Å²) in [5, 5.41) is 8.12. The summed E-state index contributed by atoms with van der Waals surface area (Å²) in [6.07, 6.45) is 1.91. The molecule has 16 heavy (non-hydrogen) atoms. The molecule has 0 fully saturated rings. The molecular weight excluding hydrogens is 268 g/mol. The first kappa shape index (κ1) is 11.3. The Morgan fingerprint density at radius 2 is 2.25 bits per heavy atom. The Hall–Kier alpha value is -1.20. The summed E-state index contributed by atoms with van der Waals surface area (Å²) in [6, 6.07) is 6.14. The van der Waals surface area contributed by atoms with Gasteiger partial charge in [-0.3, -0.25) is 4.68 Å². The van der Waals surface area contributed by atoms with Gasteiger partial charge in [0.1, 0.15) is 5.69 Å². The average Bonchev–Trinajstić information content (AvgIpc) is 2.71. The van der Waals surface area contributed by atoms with Crippen molar-refractivity contribution >= 4 is 15.9 Å². The van der Waals surface area contributed by atoms with Crippen LogP contribution in [0.15, 0.2) is 28.9 Å². The van der Waals surface area contributed by atoms with Gasteiger partial charge < -0.3 is 5.73 Å². The maximum absolute atomic E-state index is 5.46. The van der Waals surface area contributed by atoms with Crippen LogP contribution in [-0.2, 0) is 6.54 Å². The highest BCUT2D eigenvalue weighted by atomic mass is 79.9. The van der Waals surface area contributed by atoms with Crippen LogP contribution in [0, 0.1) is 6.92 Å². The Kier molecular flexibility index (Phi) is 3.36. The Labute approximate surface area is 103 Å². The first-order chi connectivity index (χ1) is 7.70. The Morgan fingerprint density at radius 3 is 2.94 bits per heavy atom. The van der Waals surface area contributed by atoms with Crippen LogP contribution >= 0.6 is 15.9 Å². The molecule has 2 rings (SSSR count). The molecule has 0 atom stereocenters. The highest BCUT2D eigenvalue weighted by Gasteiger charge is 2.04. The predicted octanol–water partition coefficient (Wildman–Crippen LogP) is 1.97. The first-order valence-corrected chi connectivity index (χ1v) is 5.86. The van der Waals surface area contributed by atoms with Gasteiger partial charge >= 0.3 is 0 Å². The molecule has 2 aromatic rings. The lowest BCUT2D eigenvalue weighted by Crippen LogP contribution is -2.10. The fourth-order valence-electron chi connectivity index (χ4n) is 1.42. The summed E-state index contributed by atoms with van der Waals surface area (Å²) >= 11 is 3.51. The average molecular weight is 281 g/mol. The highest BCUT2D eigenvalue weighted by molar-refractivity contribution is 9.10. The molecule has 0 aliphatic heterocycles. The van der Waals surface area contributed by atoms with E-state index >= 15 is 0 Å². The zero-order valence-electron chi connectivity index (χ0n) is 9.02. The molecular formula is C11H13BrN4. The molecule has 1 heterocycles. The normalized spacial score (nSPS) is 10.7. The summed E-state index contributed by atoms with van der Waals surface area (Å²) in [7, 11) is 0. The highest BCUT2D eigenvalue weighted by Crippen LogP contribution is 2.23. The molecule has 5 heteroatoms. The van der Waals surface area contributed by atoms with Crippen molar-refractivity contribution in [2.24, 2.45) is 5.73 Å². The Bertz CT molecular complexity index is 492. The summed E-state index contributed by atoms with van der Waals surface area (Å²) in [5.41, 5.74) is 8.59. The van der Waals surface area contributed by atoms with Gasteiger partial charge in [-0.1, -0.05) is 33.3 Å². The molecule has 0 spiro atoms. The molecule has 0 unspecified atom stereocenters. The molecule has 0 aliphatic rings. The molecule has 1 aromatic carbocycles. The van der Waals surface area contributed by atoms with Crippen molar-refractivity contribution in [1.29, 1.82) is 0 Å². The van der Waals surface area contributed by atoms with Crippen LogP contribution in [0.5, 0.6) is 0 Å². The number of aromatic nitrogens is 3. The van der Waals surface area contributed by atoms with Crippen LogP contribution in [0.25, 0.3) is 11.3 Å². The number of nitrogens with zero attached hydrogens (tertiary/aromatic N) is 3. The minimum Gasteiger partial charge on any atom is -0.329 e. The topological polar surface area (TPSA) is 56.7 Å². The maximum Gasteiger partial charge on any atom is 0.113 e. The smallest absolute Gasteiger partial charge is 0.113 e. The van der Waals surface area contributed by atoms with E-state index in [1.807, 2.05) is 18.3 Å². The lowest BCUT2D eigenvalue weighted by atomic mass is 10.1. The van der Waals surface area contributed by atoms with Gasteiger partial charge in [0.15, 0.2) is 0 Å². The zero-order chi connectivity index (χ0) is 11.5. The van der Waals surface area contributed by atoms with E-state index in [-0.39, 0.29) is 0 Å². The van der Waals surface area contributed by atoms with E-state index < -0.39 is 0 Å². The third-order valence-electron chi connectivity index (χ3n) is 2.36. The molecule has 84 valence electrons. The van der Waals surface area contributed by atoms with Crippen LogP contribution in [-0.4, -0.2) is 21.5 Å². The molecule has 0 bridgehead atoms. The van der Waals surface area contributed by atoms with E-state index in [0.29, 0.717) is 13.1 Å². The van der Waals surface area contributed by atoms with Crippen molar-refractivity contribution in [2.75, 3.05) is 6.54 Å². The SMILES string of the molecule is Cc1ccc(-c2cn(CCN)nn2)cc1Br. The van der Waals surface area contributed by atoms with Crippen molar-refractivity contribution in [1.82, 2.24) is 15.0 Å². The number of rotatable bonds is 3. The molecule has 1 aromatic heterocycles. The number of hydrogen-bond acceptors (Lipinski definition) is 3. The van der Waals surface area contributed by atoms with Crippen molar-refractivity contribution in [3.8, 4) is 11.3 Å². The molecule has 0 saturated carbocycles. The van der Waals surface area contributed by atoms with E-state index in [9.17, 15) is 0 Å². The van der Waals surface area contributed by atoms with Crippen LogP contribution in [0.3, 0.4) is 0 Å². The minimum atomic E-state index is 0.570. The standard InChI is InChI=1S/C11H13BrN4/c1-8-2-3-9(6-10(8)12)11-7-16(5-4-13)15-14-11/h2-3,6-7H,4-5,13H2,1H3. The van der Waals surface area contributed by atoms with E-state index in [1.54, 1.807) is 4.68 Å². The van der Waals surface area contributed by atoms with Crippen LogP contribution in [0.4, 0.5) is 0 Å². The van der Waals surface area contributed by atoms with E-state index in [4.69, 9.17) is 5.73 Å². The lowest BCUT2D eigenvalue weighted by Gasteiger charge is -2.00. The van der Waals surface area contributed by atoms with Crippen LogP contribution in [0.1, 0.15) is 5.56 Å². The van der Waals surface area contributed by atoms with E-state index in [1.165, 1.54) is 5.56 Å². The monoisotopic (exact) mass is 280 g/mol. The Balaban J connectivity index is 2.31. The zero-order valence-corrected chi connectivity index (χ0v) is 10.6. The van der Waals surface area contributed by atoms with Crippen molar-refractivity contribution in [2.45, 2.75) is 13.5 Å². The van der Waals surface area contributed by atoms with Gasteiger partial charge in [0.2, 0.25) is 0 Å². The fraction of sp³-hybridized carbons (Fsp3) is 0.273. The molecule has 2 N–H and O–H groups in total. The summed E-state index contributed by atoms with van der Waals surface area (Å²) < 4.78 is 2.83. The van der Waals surface area contributed by atoms with Gasteiger partial charge in [-0.15, -0.1) is 5.10 Å². The van der Waals surface area contributed by atoms with Crippen molar-refractivity contribution < 1.29 is 0 Å². The Morgan fingerprint density at radius 1 is 1.44 bits per heavy atom. The number of aryl methyl sites for hydroxylation is 1. The molecule has 0 radical (unpaired) electrons. The summed E-state index contributed by atoms with van der Waals surface area (Å²) in [6.45, 7) is 3.32. The van der Waals surface area contributed by atoms with Gasteiger partial charge in [0.05, 0.1) is 12.7 Å². The number of benzene rings is 1. The van der Waals surface area contributed by atoms with Gasteiger partial charge in [0.25, 0.3) is 0 Å². The van der Waals surface area contributed by atoms with E-state index in [0.717, 1.165) is 15.7 Å². The number of halogens is 1. The van der Waals surface area contributed by atoms with Crippen LogP contribution < -0.4 is 5.73 Å². The number of nitrogens with two attached hydrogens (primary N) is 1.